The number of rotatable bonds is 10. The number of hydrogen-bond acceptors (Lipinski definition) is 5. The standard InChI is InChI=1S/C20H31FN4O4S/c1-3-25(4-2)30(28,29)16-8-9-18(21)17(13-16)20(27)23-10-6-12-24-11-5-7-15(14-24)19(22)26/h8-9,13,15H,3-7,10-12,14H2,1-2H3,(H2,22,26)(H,23,27). The molecule has 1 aromatic rings. The first-order chi connectivity index (χ1) is 14.2. The van der Waals surface area contributed by atoms with Gasteiger partial charge in [0.05, 0.1) is 16.4 Å². The zero-order valence-electron chi connectivity index (χ0n) is 17.6. The number of piperidine rings is 1. The van der Waals surface area contributed by atoms with Crippen molar-refractivity contribution in [3.63, 3.8) is 0 Å². The zero-order chi connectivity index (χ0) is 22.3. The molecule has 1 fully saturated rings. The molecule has 2 amide bonds. The van der Waals surface area contributed by atoms with Gasteiger partial charge in [0, 0.05) is 26.2 Å². The summed E-state index contributed by atoms with van der Waals surface area (Å²) in [6, 6.07) is 3.26. The fraction of sp³-hybridized carbons (Fsp3) is 0.600. The van der Waals surface area contributed by atoms with E-state index >= 15 is 0 Å². The lowest BCUT2D eigenvalue weighted by Crippen LogP contribution is -2.42. The molecule has 30 heavy (non-hydrogen) atoms. The summed E-state index contributed by atoms with van der Waals surface area (Å²) in [6.45, 7) is 6.47. The number of halogens is 1. The van der Waals surface area contributed by atoms with Crippen LogP contribution in [0.3, 0.4) is 0 Å². The summed E-state index contributed by atoms with van der Waals surface area (Å²) in [6.07, 6.45) is 2.32. The van der Waals surface area contributed by atoms with Gasteiger partial charge in [-0.2, -0.15) is 4.31 Å². The molecule has 0 aliphatic carbocycles. The smallest absolute Gasteiger partial charge is 0.254 e. The lowest BCUT2D eigenvalue weighted by atomic mass is 9.97. The Morgan fingerprint density at radius 1 is 1.30 bits per heavy atom. The van der Waals surface area contributed by atoms with Gasteiger partial charge >= 0.3 is 0 Å². The molecule has 1 unspecified atom stereocenters. The topological polar surface area (TPSA) is 113 Å². The maximum Gasteiger partial charge on any atom is 0.254 e. The van der Waals surface area contributed by atoms with Crippen LogP contribution < -0.4 is 11.1 Å². The Morgan fingerprint density at radius 2 is 2.00 bits per heavy atom. The Hall–Kier alpha value is -2.04. The molecule has 0 bridgehead atoms. The van der Waals surface area contributed by atoms with Gasteiger partial charge in [-0.3, -0.25) is 9.59 Å². The van der Waals surface area contributed by atoms with Crippen LogP contribution in [-0.4, -0.2) is 68.7 Å². The van der Waals surface area contributed by atoms with Crippen molar-refractivity contribution in [2.75, 3.05) is 39.3 Å². The quantitative estimate of drug-likeness (QED) is 0.528. The Morgan fingerprint density at radius 3 is 2.63 bits per heavy atom. The third-order valence-electron chi connectivity index (χ3n) is 5.37. The van der Waals surface area contributed by atoms with Gasteiger partial charge in [0.25, 0.3) is 5.91 Å². The zero-order valence-corrected chi connectivity index (χ0v) is 18.4. The van der Waals surface area contributed by atoms with E-state index in [-0.39, 0.29) is 35.4 Å². The Balaban J connectivity index is 1.95. The number of primary amides is 1. The molecule has 0 spiro atoms. The van der Waals surface area contributed by atoms with Gasteiger partial charge in [-0.15, -0.1) is 0 Å². The van der Waals surface area contributed by atoms with Crippen molar-refractivity contribution >= 4 is 21.8 Å². The van der Waals surface area contributed by atoms with Crippen LogP contribution in [0.5, 0.6) is 0 Å². The third-order valence-corrected chi connectivity index (χ3v) is 7.42. The minimum absolute atomic E-state index is 0.108. The lowest BCUT2D eigenvalue weighted by molar-refractivity contribution is -0.123. The third kappa shape index (κ3) is 5.99. The normalized spacial score (nSPS) is 17.8. The Bertz CT molecular complexity index is 858. The highest BCUT2D eigenvalue weighted by Crippen LogP contribution is 2.19. The van der Waals surface area contributed by atoms with E-state index in [0.29, 0.717) is 26.1 Å². The van der Waals surface area contributed by atoms with Crippen molar-refractivity contribution in [3.8, 4) is 0 Å². The highest BCUT2D eigenvalue weighted by molar-refractivity contribution is 7.89. The number of carbonyl (C=O) groups excluding carboxylic acids is 2. The molecule has 1 aromatic carbocycles. The molecule has 0 saturated carbocycles. The summed E-state index contributed by atoms with van der Waals surface area (Å²) in [5.74, 6) is -1.86. The van der Waals surface area contributed by atoms with Gasteiger partial charge in [-0.1, -0.05) is 13.8 Å². The molecule has 8 nitrogen and oxygen atoms in total. The number of amides is 2. The second-order valence-electron chi connectivity index (χ2n) is 7.38. The lowest BCUT2D eigenvalue weighted by Gasteiger charge is -2.31. The fourth-order valence-electron chi connectivity index (χ4n) is 3.64. The summed E-state index contributed by atoms with van der Waals surface area (Å²) in [7, 11) is -3.78. The van der Waals surface area contributed by atoms with Crippen LogP contribution in [0.2, 0.25) is 0 Å². The maximum absolute atomic E-state index is 14.2. The predicted molar refractivity (Wildman–Crippen MR) is 112 cm³/mol. The highest BCUT2D eigenvalue weighted by Gasteiger charge is 2.25. The minimum atomic E-state index is -3.78. The second kappa shape index (κ2) is 10.8. The number of benzene rings is 1. The molecule has 0 aromatic heterocycles. The van der Waals surface area contributed by atoms with E-state index in [9.17, 15) is 22.4 Å². The SMILES string of the molecule is CCN(CC)S(=O)(=O)c1ccc(F)c(C(=O)NCCCN2CCCC(C(N)=O)C2)c1. The second-order valence-corrected chi connectivity index (χ2v) is 9.32. The molecule has 10 heteroatoms. The molecule has 1 heterocycles. The van der Waals surface area contributed by atoms with Gasteiger partial charge in [0.1, 0.15) is 5.82 Å². The number of likely N-dealkylation sites (tertiary alicyclic amines) is 1. The van der Waals surface area contributed by atoms with E-state index in [4.69, 9.17) is 5.73 Å². The first kappa shape index (κ1) is 24.2. The fourth-order valence-corrected chi connectivity index (χ4v) is 5.13. The molecule has 1 saturated heterocycles. The average Bonchev–Trinajstić information content (AvgIpc) is 2.72. The largest absolute Gasteiger partial charge is 0.369 e. The molecule has 1 aliphatic rings. The molecular weight excluding hydrogens is 411 g/mol. The predicted octanol–water partition coefficient (Wildman–Crippen LogP) is 1.17. The Kier molecular flexibility index (Phi) is 8.75. The summed E-state index contributed by atoms with van der Waals surface area (Å²) in [5, 5.41) is 2.64. The van der Waals surface area contributed by atoms with E-state index in [1.165, 1.54) is 10.4 Å². The Labute approximate surface area is 177 Å². The van der Waals surface area contributed by atoms with Crippen LogP contribution >= 0.6 is 0 Å². The number of nitrogens with zero attached hydrogens (tertiary/aromatic N) is 2. The summed E-state index contributed by atoms with van der Waals surface area (Å²) >= 11 is 0. The van der Waals surface area contributed by atoms with Crippen LogP contribution in [-0.2, 0) is 14.8 Å². The summed E-state index contributed by atoms with van der Waals surface area (Å²) < 4.78 is 40.7. The average molecular weight is 443 g/mol. The van der Waals surface area contributed by atoms with Crippen molar-refractivity contribution in [1.29, 1.82) is 0 Å². The van der Waals surface area contributed by atoms with Crippen molar-refractivity contribution in [1.82, 2.24) is 14.5 Å². The molecule has 1 aliphatic heterocycles. The maximum atomic E-state index is 14.2. The van der Waals surface area contributed by atoms with Crippen LogP contribution in [0.4, 0.5) is 4.39 Å². The number of sulfonamides is 1. The molecular formula is C20H31FN4O4S. The van der Waals surface area contributed by atoms with E-state index in [2.05, 4.69) is 10.2 Å². The first-order valence-corrected chi connectivity index (χ1v) is 11.7. The van der Waals surface area contributed by atoms with Gasteiger partial charge in [0.15, 0.2) is 0 Å². The molecule has 1 atom stereocenters. The summed E-state index contributed by atoms with van der Waals surface area (Å²) in [5.41, 5.74) is 5.08. The molecule has 0 radical (unpaired) electrons. The van der Waals surface area contributed by atoms with Crippen LogP contribution in [0.15, 0.2) is 23.1 Å². The number of carbonyl (C=O) groups is 2. The molecule has 3 N–H and O–H groups in total. The van der Waals surface area contributed by atoms with Crippen molar-refractivity contribution in [2.24, 2.45) is 11.7 Å². The monoisotopic (exact) mass is 442 g/mol. The van der Waals surface area contributed by atoms with Crippen LogP contribution in [0.25, 0.3) is 0 Å². The van der Waals surface area contributed by atoms with E-state index in [1.807, 2.05) is 0 Å². The number of nitrogens with two attached hydrogens (primary N) is 1. The van der Waals surface area contributed by atoms with E-state index < -0.39 is 21.7 Å². The molecule has 2 rings (SSSR count). The first-order valence-electron chi connectivity index (χ1n) is 10.3. The van der Waals surface area contributed by atoms with Crippen molar-refractivity contribution in [3.05, 3.63) is 29.6 Å². The molecule has 168 valence electrons. The number of hydrogen-bond donors (Lipinski definition) is 2. The van der Waals surface area contributed by atoms with Crippen LogP contribution in [0.1, 0.15) is 43.5 Å². The minimum Gasteiger partial charge on any atom is -0.369 e. The van der Waals surface area contributed by atoms with Gasteiger partial charge in [-0.25, -0.2) is 12.8 Å². The number of nitrogens with one attached hydrogen (secondary N) is 1. The van der Waals surface area contributed by atoms with Crippen molar-refractivity contribution in [2.45, 2.75) is 38.0 Å². The van der Waals surface area contributed by atoms with E-state index in [1.54, 1.807) is 13.8 Å². The summed E-state index contributed by atoms with van der Waals surface area (Å²) in [4.78, 5) is 25.8. The van der Waals surface area contributed by atoms with Crippen LogP contribution in [0, 0.1) is 11.7 Å². The van der Waals surface area contributed by atoms with Crippen molar-refractivity contribution < 1.29 is 22.4 Å². The van der Waals surface area contributed by atoms with Gasteiger partial charge in [0.2, 0.25) is 15.9 Å². The highest BCUT2D eigenvalue weighted by atomic mass is 32.2. The van der Waals surface area contributed by atoms with Gasteiger partial charge < -0.3 is 16.0 Å². The van der Waals surface area contributed by atoms with E-state index in [0.717, 1.165) is 31.5 Å². The van der Waals surface area contributed by atoms with Gasteiger partial charge in [-0.05, 0) is 50.6 Å².